The topological polar surface area (TPSA) is 63.1 Å². The first-order valence-corrected chi connectivity index (χ1v) is 8.20. The van der Waals surface area contributed by atoms with E-state index in [0.717, 1.165) is 12.2 Å². The van der Waals surface area contributed by atoms with Crippen LogP contribution in [0.25, 0.3) is 5.69 Å². The van der Waals surface area contributed by atoms with Crippen molar-refractivity contribution in [2.45, 2.75) is 19.8 Å². The summed E-state index contributed by atoms with van der Waals surface area (Å²) in [6.07, 6.45) is 4.25. The van der Waals surface area contributed by atoms with Gasteiger partial charge in [0, 0.05) is 13.1 Å². The van der Waals surface area contributed by atoms with Crippen LogP contribution in [0.2, 0.25) is 0 Å². The number of benzene rings is 1. The van der Waals surface area contributed by atoms with Crippen molar-refractivity contribution in [3.05, 3.63) is 42.2 Å². The summed E-state index contributed by atoms with van der Waals surface area (Å²) in [5, 5.41) is 10.9. The number of carbonyl (C=O) groups is 1. The van der Waals surface area contributed by atoms with Gasteiger partial charge in [0.25, 0.3) is 5.91 Å². The fraction of sp³-hybridized carbons (Fsp3) is 0.471. The number of hydrogen-bond acceptors (Lipinski definition) is 4. The number of likely N-dealkylation sites (tertiary alicyclic amines) is 1. The molecule has 2 heterocycles. The maximum atomic E-state index is 12.2. The van der Waals surface area contributed by atoms with Crippen molar-refractivity contribution >= 4 is 5.91 Å². The lowest BCUT2D eigenvalue weighted by Crippen LogP contribution is -2.34. The van der Waals surface area contributed by atoms with Gasteiger partial charge in [0.15, 0.2) is 5.69 Å². The Balaban J connectivity index is 1.51. The van der Waals surface area contributed by atoms with Gasteiger partial charge in [-0.05, 0) is 44.0 Å². The maximum Gasteiger partial charge on any atom is 0.273 e. The first kappa shape index (κ1) is 15.7. The highest BCUT2D eigenvalue weighted by Gasteiger charge is 2.16. The van der Waals surface area contributed by atoms with Gasteiger partial charge in [-0.15, -0.1) is 5.10 Å². The zero-order chi connectivity index (χ0) is 16.1. The molecule has 1 unspecified atom stereocenters. The van der Waals surface area contributed by atoms with Gasteiger partial charge in [0.2, 0.25) is 0 Å². The molecule has 23 heavy (non-hydrogen) atoms. The van der Waals surface area contributed by atoms with E-state index in [4.69, 9.17) is 0 Å². The van der Waals surface area contributed by atoms with Crippen LogP contribution in [0.15, 0.2) is 36.5 Å². The van der Waals surface area contributed by atoms with E-state index < -0.39 is 0 Å². The molecule has 0 radical (unpaired) electrons. The molecule has 1 aromatic heterocycles. The second-order valence-electron chi connectivity index (χ2n) is 6.21. The molecule has 6 heteroatoms. The molecule has 0 spiro atoms. The Morgan fingerprint density at radius 2 is 2.00 bits per heavy atom. The van der Waals surface area contributed by atoms with Crippen molar-refractivity contribution in [2.75, 3.05) is 26.2 Å². The average molecular weight is 313 g/mol. The van der Waals surface area contributed by atoms with Crippen molar-refractivity contribution in [1.82, 2.24) is 25.2 Å². The molecule has 1 amide bonds. The molecule has 6 nitrogen and oxygen atoms in total. The van der Waals surface area contributed by atoms with Crippen molar-refractivity contribution in [2.24, 2.45) is 5.92 Å². The summed E-state index contributed by atoms with van der Waals surface area (Å²) in [4.78, 5) is 14.7. The van der Waals surface area contributed by atoms with Gasteiger partial charge in [0.1, 0.15) is 0 Å². The third kappa shape index (κ3) is 4.16. The number of nitrogens with zero attached hydrogens (tertiary/aromatic N) is 4. The molecular formula is C17H23N5O. The van der Waals surface area contributed by atoms with E-state index in [9.17, 15) is 4.79 Å². The van der Waals surface area contributed by atoms with Crippen LogP contribution in [0.3, 0.4) is 0 Å². The van der Waals surface area contributed by atoms with E-state index in [-0.39, 0.29) is 5.91 Å². The molecule has 1 aromatic carbocycles. The van der Waals surface area contributed by atoms with Crippen LogP contribution in [-0.2, 0) is 0 Å². The Kier molecular flexibility index (Phi) is 5.02. The van der Waals surface area contributed by atoms with Crippen molar-refractivity contribution in [3.8, 4) is 5.69 Å². The van der Waals surface area contributed by atoms with Gasteiger partial charge >= 0.3 is 0 Å². The molecule has 1 fully saturated rings. The zero-order valence-electron chi connectivity index (χ0n) is 13.5. The lowest BCUT2D eigenvalue weighted by Gasteiger charge is -2.20. The number of aromatic nitrogens is 3. The van der Waals surface area contributed by atoms with E-state index in [1.54, 1.807) is 10.9 Å². The van der Waals surface area contributed by atoms with Crippen LogP contribution in [0.1, 0.15) is 30.3 Å². The summed E-state index contributed by atoms with van der Waals surface area (Å²) in [6, 6.07) is 9.65. The highest BCUT2D eigenvalue weighted by atomic mass is 16.2. The standard InChI is InChI=1S/C17H23N5O/c1-14(12-21-9-5-6-10-21)11-18-17(23)16-13-22(20-19-16)15-7-3-2-4-8-15/h2-4,7-8,13-14H,5-6,9-12H2,1H3,(H,18,23). The van der Waals surface area contributed by atoms with E-state index in [1.165, 1.54) is 25.9 Å². The first-order chi connectivity index (χ1) is 11.2. The summed E-state index contributed by atoms with van der Waals surface area (Å²) in [7, 11) is 0. The highest BCUT2D eigenvalue weighted by Crippen LogP contribution is 2.10. The minimum absolute atomic E-state index is 0.166. The molecule has 122 valence electrons. The third-order valence-corrected chi connectivity index (χ3v) is 4.13. The van der Waals surface area contributed by atoms with E-state index in [2.05, 4.69) is 27.5 Å². The van der Waals surface area contributed by atoms with E-state index in [1.807, 2.05) is 30.3 Å². The van der Waals surface area contributed by atoms with E-state index in [0.29, 0.717) is 18.2 Å². The predicted octanol–water partition coefficient (Wildman–Crippen LogP) is 1.73. The van der Waals surface area contributed by atoms with Gasteiger partial charge in [-0.25, -0.2) is 4.68 Å². The average Bonchev–Trinajstić information content (AvgIpc) is 3.25. The Labute approximate surface area is 136 Å². The molecule has 3 rings (SSSR count). The molecule has 0 saturated carbocycles. The van der Waals surface area contributed by atoms with Crippen LogP contribution < -0.4 is 5.32 Å². The third-order valence-electron chi connectivity index (χ3n) is 4.13. The van der Waals surface area contributed by atoms with Crippen LogP contribution in [0.4, 0.5) is 0 Å². The highest BCUT2D eigenvalue weighted by molar-refractivity contribution is 5.91. The zero-order valence-corrected chi connectivity index (χ0v) is 13.5. The molecule has 1 aliphatic heterocycles. The number of rotatable bonds is 6. The predicted molar refractivity (Wildman–Crippen MR) is 88.5 cm³/mol. The van der Waals surface area contributed by atoms with Crippen molar-refractivity contribution in [1.29, 1.82) is 0 Å². The van der Waals surface area contributed by atoms with Crippen molar-refractivity contribution in [3.63, 3.8) is 0 Å². The van der Waals surface area contributed by atoms with Gasteiger partial charge in [-0.1, -0.05) is 30.3 Å². The fourth-order valence-corrected chi connectivity index (χ4v) is 2.90. The van der Waals surface area contributed by atoms with Crippen LogP contribution in [0.5, 0.6) is 0 Å². The second kappa shape index (κ2) is 7.37. The van der Waals surface area contributed by atoms with Gasteiger partial charge in [-0.3, -0.25) is 4.79 Å². The van der Waals surface area contributed by atoms with Crippen molar-refractivity contribution < 1.29 is 4.79 Å². The fourth-order valence-electron chi connectivity index (χ4n) is 2.90. The number of amides is 1. The molecule has 1 N–H and O–H groups in total. The van der Waals surface area contributed by atoms with Crippen LogP contribution in [-0.4, -0.2) is 52.0 Å². The Morgan fingerprint density at radius 1 is 1.26 bits per heavy atom. The number of hydrogen-bond donors (Lipinski definition) is 1. The molecule has 1 aliphatic rings. The lowest BCUT2D eigenvalue weighted by atomic mass is 10.1. The summed E-state index contributed by atoms with van der Waals surface area (Å²) < 4.78 is 1.61. The lowest BCUT2D eigenvalue weighted by molar-refractivity contribution is 0.0940. The summed E-state index contributed by atoms with van der Waals surface area (Å²) in [5.41, 5.74) is 1.24. The summed E-state index contributed by atoms with van der Waals surface area (Å²) in [5.74, 6) is 0.265. The van der Waals surface area contributed by atoms with Crippen LogP contribution in [0, 0.1) is 5.92 Å². The Morgan fingerprint density at radius 3 is 2.74 bits per heavy atom. The van der Waals surface area contributed by atoms with E-state index >= 15 is 0 Å². The Bertz CT molecular complexity index is 633. The molecule has 0 aliphatic carbocycles. The van der Waals surface area contributed by atoms with Crippen LogP contribution >= 0.6 is 0 Å². The van der Waals surface area contributed by atoms with Gasteiger partial charge in [0.05, 0.1) is 11.9 Å². The molecule has 2 aromatic rings. The largest absolute Gasteiger partial charge is 0.350 e. The minimum atomic E-state index is -0.166. The van der Waals surface area contributed by atoms with Gasteiger partial charge < -0.3 is 10.2 Å². The SMILES string of the molecule is CC(CNC(=O)c1cn(-c2ccccc2)nn1)CN1CCCC1. The summed E-state index contributed by atoms with van der Waals surface area (Å²) >= 11 is 0. The second-order valence-corrected chi connectivity index (χ2v) is 6.21. The molecule has 0 bridgehead atoms. The van der Waals surface area contributed by atoms with Gasteiger partial charge in [-0.2, -0.15) is 0 Å². The number of carbonyl (C=O) groups excluding carboxylic acids is 1. The quantitative estimate of drug-likeness (QED) is 0.882. The number of nitrogens with one attached hydrogen (secondary N) is 1. The first-order valence-electron chi connectivity index (χ1n) is 8.20. The summed E-state index contributed by atoms with van der Waals surface area (Å²) in [6.45, 7) is 6.23. The molecular weight excluding hydrogens is 290 g/mol. The monoisotopic (exact) mass is 313 g/mol. The normalized spacial score (nSPS) is 16.4. The minimum Gasteiger partial charge on any atom is -0.350 e. The smallest absolute Gasteiger partial charge is 0.273 e. The maximum absolute atomic E-state index is 12.2. The number of para-hydroxylation sites is 1. The molecule has 1 atom stereocenters. The Hall–Kier alpha value is -2.21. The molecule has 1 saturated heterocycles.